The molecule has 1 aliphatic rings. The third kappa shape index (κ3) is 2.36. The molecule has 0 saturated carbocycles. The summed E-state index contributed by atoms with van der Waals surface area (Å²) in [5, 5.41) is 8.84. The summed E-state index contributed by atoms with van der Waals surface area (Å²) in [5.41, 5.74) is 2.62. The van der Waals surface area contributed by atoms with E-state index in [2.05, 4.69) is 9.88 Å². The molecular weight excluding hydrogens is 258 g/mol. The summed E-state index contributed by atoms with van der Waals surface area (Å²) in [6.45, 7) is 1.38. The van der Waals surface area contributed by atoms with Crippen LogP contribution in [0.4, 0.5) is 5.69 Å². The third-order valence-electron chi connectivity index (χ3n) is 3.60. The molecule has 0 radical (unpaired) electrons. The van der Waals surface area contributed by atoms with Gasteiger partial charge in [0.2, 0.25) is 0 Å². The molecular formula is C14H15N3O3. The van der Waals surface area contributed by atoms with E-state index in [1.165, 1.54) is 0 Å². The number of piperidine rings is 1. The Morgan fingerprint density at radius 2 is 2.05 bits per heavy atom. The molecule has 2 heterocycles. The monoisotopic (exact) mass is 273 g/mol. The molecule has 1 fully saturated rings. The zero-order valence-electron chi connectivity index (χ0n) is 11.0. The van der Waals surface area contributed by atoms with Gasteiger partial charge in [-0.15, -0.1) is 0 Å². The van der Waals surface area contributed by atoms with Gasteiger partial charge in [-0.3, -0.25) is 9.59 Å². The van der Waals surface area contributed by atoms with Gasteiger partial charge in [0.15, 0.2) is 0 Å². The minimum absolute atomic E-state index is 0.0892. The molecule has 1 aromatic heterocycles. The maximum atomic E-state index is 11.3. The second kappa shape index (κ2) is 4.96. The highest BCUT2D eigenvalue weighted by atomic mass is 16.4. The van der Waals surface area contributed by atoms with Gasteiger partial charge in [-0.05, 0) is 18.2 Å². The average Bonchev–Trinajstić information content (AvgIpc) is 2.81. The summed E-state index contributed by atoms with van der Waals surface area (Å²) in [4.78, 5) is 28.4. The second-order valence-corrected chi connectivity index (χ2v) is 4.96. The Hall–Kier alpha value is -2.37. The van der Waals surface area contributed by atoms with Crippen LogP contribution in [0.3, 0.4) is 0 Å². The lowest BCUT2D eigenvalue weighted by atomic mass is 10.1. The molecule has 0 atom stereocenters. The first-order chi connectivity index (χ1) is 9.63. The standard InChI is InChI=1S/C14H15N3O3/c18-11-3-5-16(6-4-11)10-1-2-13-12(7-10)15-9-17(13)8-14(19)20/h1-2,7,9H,3-6,8H2,(H,19,20). The van der Waals surface area contributed by atoms with E-state index in [0.717, 1.165) is 29.8 Å². The number of carboxylic acid groups (broad SMARTS) is 1. The van der Waals surface area contributed by atoms with Crippen molar-refractivity contribution in [2.24, 2.45) is 0 Å². The van der Waals surface area contributed by atoms with Gasteiger partial charge in [0.05, 0.1) is 17.4 Å². The third-order valence-corrected chi connectivity index (χ3v) is 3.60. The Labute approximate surface area is 115 Å². The number of hydrogen-bond acceptors (Lipinski definition) is 4. The lowest BCUT2D eigenvalue weighted by Crippen LogP contribution is -2.33. The molecule has 1 N–H and O–H groups in total. The number of anilines is 1. The first kappa shape index (κ1) is 12.7. The van der Waals surface area contributed by atoms with Crippen LogP contribution in [0.5, 0.6) is 0 Å². The normalized spacial score (nSPS) is 15.8. The number of aliphatic carboxylic acids is 1. The lowest BCUT2D eigenvalue weighted by Gasteiger charge is -2.28. The van der Waals surface area contributed by atoms with Crippen molar-refractivity contribution in [3.63, 3.8) is 0 Å². The molecule has 1 saturated heterocycles. The van der Waals surface area contributed by atoms with E-state index < -0.39 is 5.97 Å². The van der Waals surface area contributed by atoms with Crippen molar-refractivity contribution in [3.8, 4) is 0 Å². The van der Waals surface area contributed by atoms with E-state index in [9.17, 15) is 9.59 Å². The molecule has 6 heteroatoms. The van der Waals surface area contributed by atoms with Gasteiger partial charge in [0, 0.05) is 31.6 Å². The maximum Gasteiger partial charge on any atom is 0.323 e. The van der Waals surface area contributed by atoms with Gasteiger partial charge in [-0.25, -0.2) is 4.98 Å². The number of nitrogens with zero attached hydrogens (tertiary/aromatic N) is 3. The van der Waals surface area contributed by atoms with Crippen molar-refractivity contribution in [3.05, 3.63) is 24.5 Å². The van der Waals surface area contributed by atoms with E-state index in [1.54, 1.807) is 10.9 Å². The van der Waals surface area contributed by atoms with Gasteiger partial charge >= 0.3 is 5.97 Å². The highest BCUT2D eigenvalue weighted by molar-refractivity contribution is 5.83. The van der Waals surface area contributed by atoms with Crippen molar-refractivity contribution in [1.29, 1.82) is 0 Å². The Balaban J connectivity index is 1.88. The number of carbonyl (C=O) groups excluding carboxylic acids is 1. The summed E-state index contributed by atoms with van der Waals surface area (Å²) < 4.78 is 1.61. The fourth-order valence-electron chi connectivity index (χ4n) is 2.53. The topological polar surface area (TPSA) is 75.4 Å². The Bertz CT molecular complexity index is 667. The lowest BCUT2D eigenvalue weighted by molar-refractivity contribution is -0.137. The minimum Gasteiger partial charge on any atom is -0.480 e. The molecule has 0 bridgehead atoms. The molecule has 1 aliphatic heterocycles. The largest absolute Gasteiger partial charge is 0.480 e. The molecule has 1 aromatic carbocycles. The Morgan fingerprint density at radius 3 is 2.75 bits per heavy atom. The first-order valence-corrected chi connectivity index (χ1v) is 6.57. The molecule has 0 aliphatic carbocycles. The van der Waals surface area contributed by atoms with Crippen molar-refractivity contribution in [1.82, 2.24) is 9.55 Å². The van der Waals surface area contributed by atoms with E-state index in [0.29, 0.717) is 18.6 Å². The van der Waals surface area contributed by atoms with Crippen molar-refractivity contribution < 1.29 is 14.7 Å². The number of carbonyl (C=O) groups is 2. The second-order valence-electron chi connectivity index (χ2n) is 4.96. The number of rotatable bonds is 3. The van der Waals surface area contributed by atoms with Crippen LogP contribution in [-0.2, 0) is 16.1 Å². The predicted molar refractivity (Wildman–Crippen MR) is 73.8 cm³/mol. The summed E-state index contributed by atoms with van der Waals surface area (Å²) in [7, 11) is 0. The van der Waals surface area contributed by atoms with Gasteiger partial charge in [0.1, 0.15) is 12.3 Å². The number of hydrogen-bond donors (Lipinski definition) is 1. The summed E-state index contributed by atoms with van der Waals surface area (Å²) in [6, 6.07) is 5.79. The molecule has 0 spiro atoms. The minimum atomic E-state index is -0.886. The molecule has 0 amide bonds. The van der Waals surface area contributed by atoms with E-state index in [-0.39, 0.29) is 6.54 Å². The molecule has 3 rings (SSSR count). The zero-order chi connectivity index (χ0) is 14.1. The SMILES string of the molecule is O=C(O)Cn1cnc2cc(N3CCC(=O)CC3)ccc21. The Kier molecular flexibility index (Phi) is 3.14. The van der Waals surface area contributed by atoms with E-state index in [1.807, 2.05) is 18.2 Å². The average molecular weight is 273 g/mol. The van der Waals surface area contributed by atoms with Crippen LogP contribution >= 0.6 is 0 Å². The molecule has 20 heavy (non-hydrogen) atoms. The zero-order valence-corrected chi connectivity index (χ0v) is 11.0. The summed E-state index contributed by atoms with van der Waals surface area (Å²) >= 11 is 0. The van der Waals surface area contributed by atoms with Crippen molar-refractivity contribution >= 4 is 28.5 Å². The van der Waals surface area contributed by atoms with Crippen molar-refractivity contribution in [2.45, 2.75) is 19.4 Å². The number of carboxylic acids is 1. The number of aromatic nitrogens is 2. The summed E-state index contributed by atoms with van der Waals surface area (Å²) in [5.74, 6) is -0.573. The van der Waals surface area contributed by atoms with Gasteiger partial charge in [-0.1, -0.05) is 0 Å². The smallest absolute Gasteiger partial charge is 0.323 e. The van der Waals surface area contributed by atoms with Crippen LogP contribution in [0.25, 0.3) is 11.0 Å². The van der Waals surface area contributed by atoms with Crippen LogP contribution in [0.1, 0.15) is 12.8 Å². The van der Waals surface area contributed by atoms with Crippen LogP contribution in [-0.4, -0.2) is 39.5 Å². The van der Waals surface area contributed by atoms with Crippen LogP contribution in [0.2, 0.25) is 0 Å². The fraction of sp³-hybridized carbons (Fsp3) is 0.357. The van der Waals surface area contributed by atoms with Crippen LogP contribution in [0, 0.1) is 0 Å². The first-order valence-electron chi connectivity index (χ1n) is 6.57. The van der Waals surface area contributed by atoms with Gasteiger partial charge in [0.25, 0.3) is 0 Å². The molecule has 2 aromatic rings. The van der Waals surface area contributed by atoms with E-state index >= 15 is 0 Å². The number of benzene rings is 1. The highest BCUT2D eigenvalue weighted by Crippen LogP contribution is 2.23. The molecule has 0 unspecified atom stereocenters. The highest BCUT2D eigenvalue weighted by Gasteiger charge is 2.17. The number of ketones is 1. The number of Topliss-reactive ketones (excluding diaryl/α,β-unsaturated/α-hetero) is 1. The van der Waals surface area contributed by atoms with Gasteiger partial charge in [-0.2, -0.15) is 0 Å². The summed E-state index contributed by atoms with van der Waals surface area (Å²) in [6.07, 6.45) is 2.72. The molecule has 6 nitrogen and oxygen atoms in total. The van der Waals surface area contributed by atoms with Crippen LogP contribution in [0.15, 0.2) is 24.5 Å². The van der Waals surface area contributed by atoms with Crippen LogP contribution < -0.4 is 4.90 Å². The number of imidazole rings is 1. The Morgan fingerprint density at radius 1 is 1.30 bits per heavy atom. The maximum absolute atomic E-state index is 11.3. The fourth-order valence-corrected chi connectivity index (χ4v) is 2.53. The van der Waals surface area contributed by atoms with Crippen molar-refractivity contribution in [2.75, 3.05) is 18.0 Å². The van der Waals surface area contributed by atoms with Gasteiger partial charge < -0.3 is 14.6 Å². The van der Waals surface area contributed by atoms with E-state index in [4.69, 9.17) is 5.11 Å². The molecule has 104 valence electrons. The number of fused-ring (bicyclic) bond motifs is 1. The predicted octanol–water partition coefficient (Wildman–Crippen LogP) is 1.29. The quantitative estimate of drug-likeness (QED) is 0.912.